The Morgan fingerprint density at radius 3 is 2.84 bits per heavy atom. The number of phenolic OH excluding ortho intramolecular Hbond substituents is 1. The van der Waals surface area contributed by atoms with Gasteiger partial charge in [0.05, 0.1) is 11.4 Å². The van der Waals surface area contributed by atoms with Crippen molar-refractivity contribution >= 4 is 11.7 Å². The molecule has 126 valence electrons. The van der Waals surface area contributed by atoms with Crippen LogP contribution in [0.15, 0.2) is 48.8 Å². The van der Waals surface area contributed by atoms with Crippen molar-refractivity contribution in [2.75, 3.05) is 5.32 Å². The number of nitrogens with one attached hydrogen (secondary N) is 1. The third-order valence-corrected chi connectivity index (χ3v) is 4.21. The number of aromatic nitrogens is 2. The fourth-order valence-corrected chi connectivity index (χ4v) is 3.08. The van der Waals surface area contributed by atoms with E-state index in [0.29, 0.717) is 11.5 Å². The SMILES string of the molecule is O=C1C[C@@H](c2cccc(O)c2)c2ncn(-c3cc(F)ccc3F)c2N1. The van der Waals surface area contributed by atoms with Crippen LogP contribution in [0.25, 0.3) is 5.69 Å². The second-order valence-electron chi connectivity index (χ2n) is 5.84. The van der Waals surface area contributed by atoms with Gasteiger partial charge in [-0.15, -0.1) is 0 Å². The summed E-state index contributed by atoms with van der Waals surface area (Å²) in [5.74, 6) is -1.48. The first kappa shape index (κ1) is 15.3. The van der Waals surface area contributed by atoms with Crippen LogP contribution in [0.3, 0.4) is 0 Å². The topological polar surface area (TPSA) is 67.1 Å². The number of imidazole rings is 1. The predicted molar refractivity (Wildman–Crippen MR) is 86.7 cm³/mol. The van der Waals surface area contributed by atoms with Gasteiger partial charge in [-0.05, 0) is 29.8 Å². The molecule has 25 heavy (non-hydrogen) atoms. The predicted octanol–water partition coefficient (Wildman–Crippen LogP) is 3.33. The molecule has 0 saturated carbocycles. The summed E-state index contributed by atoms with van der Waals surface area (Å²) in [5.41, 5.74) is 1.22. The number of fused-ring (bicyclic) bond motifs is 1. The summed E-state index contributed by atoms with van der Waals surface area (Å²) in [7, 11) is 0. The minimum atomic E-state index is -0.629. The molecule has 0 unspecified atom stereocenters. The van der Waals surface area contributed by atoms with Gasteiger partial charge in [-0.2, -0.15) is 0 Å². The van der Waals surface area contributed by atoms with Crippen molar-refractivity contribution in [1.82, 2.24) is 9.55 Å². The molecule has 0 aliphatic carbocycles. The zero-order chi connectivity index (χ0) is 17.6. The van der Waals surface area contributed by atoms with Crippen molar-refractivity contribution in [3.8, 4) is 11.4 Å². The molecule has 1 atom stereocenters. The standard InChI is InChI=1S/C18H13F2N3O2/c19-11-4-5-14(20)15(7-11)23-9-21-17-13(8-16(25)22-18(17)23)10-2-1-3-12(24)6-10/h1-7,9,13,24H,8H2,(H,22,25)/t13-/m0/s1. The first-order chi connectivity index (χ1) is 12.0. The zero-order valence-electron chi connectivity index (χ0n) is 12.9. The van der Waals surface area contributed by atoms with Crippen molar-refractivity contribution in [2.24, 2.45) is 0 Å². The van der Waals surface area contributed by atoms with Crippen LogP contribution in [-0.2, 0) is 4.79 Å². The maximum Gasteiger partial charge on any atom is 0.226 e. The van der Waals surface area contributed by atoms with E-state index in [9.17, 15) is 18.7 Å². The van der Waals surface area contributed by atoms with E-state index in [0.717, 1.165) is 23.8 Å². The first-order valence-corrected chi connectivity index (χ1v) is 7.64. The number of nitrogens with zero attached hydrogens (tertiary/aromatic N) is 2. The van der Waals surface area contributed by atoms with Gasteiger partial charge in [0.1, 0.15) is 29.5 Å². The third kappa shape index (κ3) is 2.63. The Kier molecular flexibility index (Phi) is 3.49. The number of aromatic hydroxyl groups is 1. The van der Waals surface area contributed by atoms with Gasteiger partial charge in [0, 0.05) is 18.4 Å². The molecule has 3 aromatic rings. The van der Waals surface area contributed by atoms with E-state index in [-0.39, 0.29) is 29.7 Å². The number of carbonyl (C=O) groups is 1. The van der Waals surface area contributed by atoms with Gasteiger partial charge in [0.25, 0.3) is 0 Å². The summed E-state index contributed by atoms with van der Waals surface area (Å²) in [6, 6.07) is 9.66. The monoisotopic (exact) mass is 341 g/mol. The van der Waals surface area contributed by atoms with Gasteiger partial charge in [-0.25, -0.2) is 13.8 Å². The lowest BCUT2D eigenvalue weighted by molar-refractivity contribution is -0.116. The second kappa shape index (κ2) is 5.70. The lowest BCUT2D eigenvalue weighted by Gasteiger charge is -2.23. The Morgan fingerprint density at radius 2 is 2.04 bits per heavy atom. The highest BCUT2D eigenvalue weighted by Crippen LogP contribution is 2.38. The highest BCUT2D eigenvalue weighted by Gasteiger charge is 2.31. The van der Waals surface area contributed by atoms with Gasteiger partial charge in [0.2, 0.25) is 5.91 Å². The third-order valence-electron chi connectivity index (χ3n) is 4.21. The molecule has 7 heteroatoms. The fourth-order valence-electron chi connectivity index (χ4n) is 3.08. The van der Waals surface area contributed by atoms with E-state index in [4.69, 9.17) is 0 Å². The maximum absolute atomic E-state index is 14.1. The van der Waals surface area contributed by atoms with E-state index in [2.05, 4.69) is 10.3 Å². The van der Waals surface area contributed by atoms with Gasteiger partial charge >= 0.3 is 0 Å². The summed E-state index contributed by atoms with van der Waals surface area (Å²) in [6.07, 6.45) is 1.50. The minimum Gasteiger partial charge on any atom is -0.508 e. The fraction of sp³-hybridized carbons (Fsp3) is 0.111. The summed E-state index contributed by atoms with van der Waals surface area (Å²) >= 11 is 0. The van der Waals surface area contributed by atoms with Crippen LogP contribution in [-0.4, -0.2) is 20.6 Å². The average Bonchev–Trinajstić information content (AvgIpc) is 3.00. The number of rotatable bonds is 2. The van der Waals surface area contributed by atoms with Gasteiger partial charge in [-0.3, -0.25) is 9.36 Å². The summed E-state index contributed by atoms with van der Waals surface area (Å²) in [5, 5.41) is 12.4. The Bertz CT molecular complexity index is 984. The van der Waals surface area contributed by atoms with Crippen LogP contribution < -0.4 is 5.32 Å². The number of hydrogen-bond donors (Lipinski definition) is 2. The molecule has 0 saturated heterocycles. The quantitative estimate of drug-likeness (QED) is 0.751. The lowest BCUT2D eigenvalue weighted by Crippen LogP contribution is -2.25. The number of carbonyl (C=O) groups excluding carboxylic acids is 1. The Labute approximate surface area is 141 Å². The van der Waals surface area contributed by atoms with Crippen LogP contribution in [0.4, 0.5) is 14.6 Å². The number of phenols is 1. The van der Waals surface area contributed by atoms with Crippen LogP contribution in [0, 0.1) is 11.6 Å². The summed E-state index contributed by atoms with van der Waals surface area (Å²) < 4.78 is 29.0. The smallest absolute Gasteiger partial charge is 0.226 e. The Hall–Kier alpha value is -3.22. The van der Waals surface area contributed by atoms with E-state index in [1.54, 1.807) is 18.2 Å². The van der Waals surface area contributed by atoms with E-state index >= 15 is 0 Å². The summed E-state index contributed by atoms with van der Waals surface area (Å²) in [6.45, 7) is 0. The normalized spacial score (nSPS) is 16.4. The minimum absolute atomic E-state index is 0.0365. The molecule has 4 rings (SSSR count). The number of amides is 1. The highest BCUT2D eigenvalue weighted by molar-refractivity contribution is 5.94. The molecule has 5 nitrogen and oxygen atoms in total. The molecule has 2 N–H and O–H groups in total. The van der Waals surface area contributed by atoms with Gasteiger partial charge < -0.3 is 10.4 Å². The number of hydrogen-bond acceptors (Lipinski definition) is 3. The van der Waals surface area contributed by atoms with Crippen LogP contribution in [0.1, 0.15) is 23.6 Å². The molecular formula is C18H13F2N3O2. The number of anilines is 1. The maximum atomic E-state index is 14.1. The van der Waals surface area contributed by atoms with Crippen molar-refractivity contribution in [2.45, 2.75) is 12.3 Å². The Morgan fingerprint density at radius 1 is 1.20 bits per heavy atom. The van der Waals surface area contributed by atoms with E-state index in [1.807, 2.05) is 0 Å². The molecule has 0 fully saturated rings. The first-order valence-electron chi connectivity index (χ1n) is 7.64. The molecule has 1 aliphatic rings. The molecule has 0 spiro atoms. The second-order valence-corrected chi connectivity index (χ2v) is 5.84. The Balaban J connectivity index is 1.86. The highest BCUT2D eigenvalue weighted by atomic mass is 19.1. The van der Waals surface area contributed by atoms with Gasteiger partial charge in [-0.1, -0.05) is 12.1 Å². The van der Waals surface area contributed by atoms with Crippen molar-refractivity contribution in [3.05, 3.63) is 71.7 Å². The molecular weight excluding hydrogens is 328 g/mol. The zero-order valence-corrected chi connectivity index (χ0v) is 12.9. The number of halogens is 2. The average molecular weight is 341 g/mol. The van der Waals surface area contributed by atoms with Crippen LogP contribution in [0.5, 0.6) is 5.75 Å². The molecule has 0 radical (unpaired) electrons. The van der Waals surface area contributed by atoms with E-state index < -0.39 is 11.6 Å². The van der Waals surface area contributed by atoms with Crippen LogP contribution >= 0.6 is 0 Å². The van der Waals surface area contributed by atoms with Gasteiger partial charge in [0.15, 0.2) is 0 Å². The van der Waals surface area contributed by atoms with E-state index in [1.165, 1.54) is 17.0 Å². The molecule has 1 amide bonds. The van der Waals surface area contributed by atoms with Crippen molar-refractivity contribution in [1.29, 1.82) is 0 Å². The molecule has 2 heterocycles. The van der Waals surface area contributed by atoms with Crippen molar-refractivity contribution < 1.29 is 18.7 Å². The molecule has 1 aromatic heterocycles. The molecule has 1 aliphatic heterocycles. The summed E-state index contributed by atoms with van der Waals surface area (Å²) in [4.78, 5) is 16.4. The number of benzene rings is 2. The molecule has 0 bridgehead atoms. The molecule has 2 aromatic carbocycles. The van der Waals surface area contributed by atoms with Crippen molar-refractivity contribution in [3.63, 3.8) is 0 Å². The van der Waals surface area contributed by atoms with Crippen LogP contribution in [0.2, 0.25) is 0 Å². The largest absolute Gasteiger partial charge is 0.508 e. The lowest BCUT2D eigenvalue weighted by atomic mass is 9.90.